The summed E-state index contributed by atoms with van der Waals surface area (Å²) in [5.74, 6) is 1.54. The first-order valence-corrected chi connectivity index (χ1v) is 9.81. The summed E-state index contributed by atoms with van der Waals surface area (Å²) >= 11 is 0. The van der Waals surface area contributed by atoms with Crippen molar-refractivity contribution in [2.24, 2.45) is 4.99 Å². The molecule has 1 aromatic heterocycles. The SMILES string of the molecule is c1ccc(C2=Nc3occc3[C@H](NC[C@@H]3CCCO3)N2c2ccccc2)cc1. The number of para-hydroxylation sites is 1. The molecule has 3 heterocycles. The van der Waals surface area contributed by atoms with Gasteiger partial charge in [-0.1, -0.05) is 48.5 Å². The van der Waals surface area contributed by atoms with Crippen molar-refractivity contribution in [1.29, 1.82) is 0 Å². The summed E-state index contributed by atoms with van der Waals surface area (Å²) < 4.78 is 11.5. The van der Waals surface area contributed by atoms with Crippen molar-refractivity contribution < 1.29 is 9.15 Å². The van der Waals surface area contributed by atoms with Gasteiger partial charge in [-0.15, -0.1) is 0 Å². The van der Waals surface area contributed by atoms with E-state index in [-0.39, 0.29) is 12.3 Å². The van der Waals surface area contributed by atoms with Crippen LogP contribution in [0.5, 0.6) is 0 Å². The molecule has 0 radical (unpaired) electrons. The quantitative estimate of drug-likeness (QED) is 0.708. The van der Waals surface area contributed by atoms with Gasteiger partial charge in [0.2, 0.25) is 5.88 Å². The van der Waals surface area contributed by atoms with Crippen molar-refractivity contribution >= 4 is 17.4 Å². The van der Waals surface area contributed by atoms with E-state index in [9.17, 15) is 0 Å². The maximum atomic E-state index is 5.83. The van der Waals surface area contributed by atoms with Crippen LogP contribution in [0.2, 0.25) is 0 Å². The number of benzene rings is 2. The fourth-order valence-electron chi connectivity index (χ4n) is 3.92. The summed E-state index contributed by atoms with van der Waals surface area (Å²) in [6.07, 6.45) is 4.13. The molecule has 2 aromatic carbocycles. The van der Waals surface area contributed by atoms with Crippen LogP contribution in [0.3, 0.4) is 0 Å². The van der Waals surface area contributed by atoms with Crippen LogP contribution in [0, 0.1) is 0 Å². The second kappa shape index (κ2) is 7.62. The smallest absolute Gasteiger partial charge is 0.227 e. The van der Waals surface area contributed by atoms with E-state index in [1.165, 1.54) is 0 Å². The highest BCUT2D eigenvalue weighted by molar-refractivity contribution is 6.12. The molecule has 1 N–H and O–H groups in total. The molecular formula is C23H23N3O2. The predicted octanol–water partition coefficient (Wildman–Crippen LogP) is 4.65. The molecule has 0 bridgehead atoms. The van der Waals surface area contributed by atoms with Crippen molar-refractivity contribution in [2.45, 2.75) is 25.1 Å². The molecule has 3 aromatic rings. The lowest BCUT2D eigenvalue weighted by Crippen LogP contribution is -2.46. The van der Waals surface area contributed by atoms with Crippen LogP contribution in [-0.2, 0) is 4.74 Å². The molecular weight excluding hydrogens is 350 g/mol. The van der Waals surface area contributed by atoms with Gasteiger partial charge in [0.15, 0.2) is 0 Å². The van der Waals surface area contributed by atoms with E-state index in [0.29, 0.717) is 5.88 Å². The topological polar surface area (TPSA) is 50.0 Å². The van der Waals surface area contributed by atoms with Gasteiger partial charge in [0.25, 0.3) is 0 Å². The van der Waals surface area contributed by atoms with Crippen LogP contribution in [0.25, 0.3) is 0 Å². The summed E-state index contributed by atoms with van der Waals surface area (Å²) in [5.41, 5.74) is 3.18. The number of fused-ring (bicyclic) bond motifs is 1. The average Bonchev–Trinajstić information content (AvgIpc) is 3.44. The van der Waals surface area contributed by atoms with Crippen molar-refractivity contribution in [3.05, 3.63) is 84.1 Å². The molecule has 2 atom stereocenters. The molecule has 0 unspecified atom stereocenters. The Labute approximate surface area is 164 Å². The lowest BCUT2D eigenvalue weighted by atomic mass is 10.1. The third-order valence-electron chi connectivity index (χ3n) is 5.29. The van der Waals surface area contributed by atoms with Gasteiger partial charge in [0.05, 0.1) is 17.9 Å². The Bertz CT molecular complexity index is 946. The molecule has 0 amide bonds. The zero-order valence-electron chi connectivity index (χ0n) is 15.6. The molecule has 2 aliphatic heterocycles. The van der Waals surface area contributed by atoms with E-state index in [1.807, 2.05) is 30.3 Å². The first kappa shape index (κ1) is 17.2. The third kappa shape index (κ3) is 3.23. The van der Waals surface area contributed by atoms with Crippen LogP contribution in [-0.4, -0.2) is 25.1 Å². The molecule has 5 heteroatoms. The zero-order chi connectivity index (χ0) is 18.8. The number of hydrogen-bond donors (Lipinski definition) is 1. The number of amidine groups is 1. The van der Waals surface area contributed by atoms with Gasteiger partial charge < -0.3 is 14.1 Å². The van der Waals surface area contributed by atoms with Crippen LogP contribution in [0.15, 0.2) is 82.4 Å². The lowest BCUT2D eigenvalue weighted by molar-refractivity contribution is 0.107. The van der Waals surface area contributed by atoms with Crippen molar-refractivity contribution in [1.82, 2.24) is 5.32 Å². The van der Waals surface area contributed by atoms with Gasteiger partial charge in [-0.25, -0.2) is 0 Å². The first-order valence-electron chi connectivity index (χ1n) is 9.81. The van der Waals surface area contributed by atoms with Crippen molar-refractivity contribution in [3.63, 3.8) is 0 Å². The normalized spacial score (nSPS) is 21.4. The van der Waals surface area contributed by atoms with E-state index in [0.717, 1.165) is 48.6 Å². The zero-order valence-corrected chi connectivity index (χ0v) is 15.6. The van der Waals surface area contributed by atoms with Gasteiger partial charge in [-0.2, -0.15) is 4.99 Å². The second-order valence-electron chi connectivity index (χ2n) is 7.13. The van der Waals surface area contributed by atoms with Crippen LogP contribution in [0.1, 0.15) is 30.1 Å². The molecule has 142 valence electrons. The van der Waals surface area contributed by atoms with Crippen molar-refractivity contribution in [2.75, 3.05) is 18.1 Å². The summed E-state index contributed by atoms with van der Waals surface area (Å²) in [4.78, 5) is 7.12. The Morgan fingerprint density at radius 3 is 2.54 bits per heavy atom. The number of hydrogen-bond acceptors (Lipinski definition) is 5. The van der Waals surface area contributed by atoms with Crippen LogP contribution < -0.4 is 10.2 Å². The molecule has 2 aliphatic rings. The molecule has 0 saturated carbocycles. The molecule has 5 rings (SSSR count). The number of aliphatic imine (C=N–C) groups is 1. The first-order chi connectivity index (χ1) is 13.9. The maximum absolute atomic E-state index is 5.83. The number of ether oxygens (including phenoxy) is 1. The van der Waals surface area contributed by atoms with Gasteiger partial charge in [-0.05, 0) is 31.0 Å². The van der Waals surface area contributed by atoms with Gasteiger partial charge in [0.1, 0.15) is 12.0 Å². The Hall–Kier alpha value is -2.89. The second-order valence-corrected chi connectivity index (χ2v) is 7.13. The van der Waals surface area contributed by atoms with Crippen LogP contribution in [0.4, 0.5) is 11.6 Å². The van der Waals surface area contributed by atoms with Gasteiger partial charge in [0, 0.05) is 24.4 Å². The fourth-order valence-corrected chi connectivity index (χ4v) is 3.92. The molecule has 0 spiro atoms. The molecule has 1 saturated heterocycles. The lowest BCUT2D eigenvalue weighted by Gasteiger charge is -2.37. The Morgan fingerprint density at radius 1 is 1.00 bits per heavy atom. The number of anilines is 1. The molecule has 0 aliphatic carbocycles. The largest absolute Gasteiger partial charge is 0.446 e. The summed E-state index contributed by atoms with van der Waals surface area (Å²) in [6.45, 7) is 1.65. The minimum absolute atomic E-state index is 0.0759. The molecule has 1 fully saturated rings. The van der Waals surface area contributed by atoms with E-state index < -0.39 is 0 Å². The highest BCUT2D eigenvalue weighted by Gasteiger charge is 2.34. The minimum atomic E-state index is -0.0759. The highest BCUT2D eigenvalue weighted by atomic mass is 16.5. The highest BCUT2D eigenvalue weighted by Crippen LogP contribution is 2.38. The van der Waals surface area contributed by atoms with Crippen molar-refractivity contribution in [3.8, 4) is 0 Å². The number of furan rings is 1. The number of nitrogens with one attached hydrogen (secondary N) is 1. The van der Waals surface area contributed by atoms with E-state index >= 15 is 0 Å². The predicted molar refractivity (Wildman–Crippen MR) is 110 cm³/mol. The average molecular weight is 373 g/mol. The maximum Gasteiger partial charge on any atom is 0.227 e. The Morgan fingerprint density at radius 2 is 1.79 bits per heavy atom. The Kier molecular flexibility index (Phi) is 4.69. The number of rotatable bonds is 5. The third-order valence-corrected chi connectivity index (χ3v) is 5.29. The molecule has 28 heavy (non-hydrogen) atoms. The summed E-state index contributed by atoms with van der Waals surface area (Å²) in [6, 6.07) is 22.6. The van der Waals surface area contributed by atoms with E-state index in [4.69, 9.17) is 14.1 Å². The fraction of sp³-hybridized carbons (Fsp3) is 0.261. The molecule has 5 nitrogen and oxygen atoms in total. The standard InChI is InChI=1S/C23H23N3O2/c1-3-8-17(9-4-1)21-25-23-20(13-15-28-23)22(24-16-19-12-7-14-27-19)26(21)18-10-5-2-6-11-18/h1-6,8-11,13,15,19,22,24H,7,12,14,16H2/t19-,22+/m0/s1. The summed E-state index contributed by atoms with van der Waals surface area (Å²) in [7, 11) is 0. The van der Waals surface area contributed by atoms with Gasteiger partial charge >= 0.3 is 0 Å². The monoisotopic (exact) mass is 373 g/mol. The number of nitrogens with zero attached hydrogens (tertiary/aromatic N) is 2. The Balaban J connectivity index is 1.57. The minimum Gasteiger partial charge on any atom is -0.446 e. The van der Waals surface area contributed by atoms with E-state index in [2.05, 4.69) is 46.6 Å². The summed E-state index contributed by atoms with van der Waals surface area (Å²) in [5, 5.41) is 3.71. The van der Waals surface area contributed by atoms with Crippen LogP contribution >= 0.6 is 0 Å². The van der Waals surface area contributed by atoms with E-state index in [1.54, 1.807) is 6.26 Å². The van der Waals surface area contributed by atoms with Gasteiger partial charge in [-0.3, -0.25) is 5.32 Å².